The molecule has 0 bridgehead atoms. The predicted molar refractivity (Wildman–Crippen MR) is 71.2 cm³/mol. The summed E-state index contributed by atoms with van der Waals surface area (Å²) >= 11 is 0. The Bertz CT molecular complexity index is 526. The largest absolute Gasteiger partial charge is 0.314 e. The van der Waals surface area contributed by atoms with Gasteiger partial charge in [-0.05, 0) is 37.7 Å². The van der Waals surface area contributed by atoms with E-state index in [1.165, 1.54) is 5.56 Å². The summed E-state index contributed by atoms with van der Waals surface area (Å²) in [6.45, 7) is 6.69. The highest BCUT2D eigenvalue weighted by Crippen LogP contribution is 2.17. The maximum Gasteiger partial charge on any atom is 0.0773 e. The Morgan fingerprint density at radius 1 is 1.41 bits per heavy atom. The number of hydrogen-bond acceptors (Lipinski definition) is 2. The van der Waals surface area contributed by atoms with Crippen molar-refractivity contribution in [2.24, 2.45) is 0 Å². The number of nitrogens with one attached hydrogen (secondary N) is 1. The zero-order valence-electron chi connectivity index (χ0n) is 10.3. The highest BCUT2D eigenvalue weighted by molar-refractivity contribution is 5.50. The van der Waals surface area contributed by atoms with Crippen LogP contribution in [0.3, 0.4) is 0 Å². The predicted octanol–water partition coefficient (Wildman–Crippen LogP) is 2.54. The second kappa shape index (κ2) is 4.97. The fraction of sp³-hybridized carbons (Fsp3) is 0.214. The summed E-state index contributed by atoms with van der Waals surface area (Å²) in [5.74, 6) is 0. The zero-order valence-corrected chi connectivity index (χ0v) is 10.3. The SMILES string of the molecule is C=Cc1cc(CNC)nn1-c1ccccc1C. The van der Waals surface area contributed by atoms with Crippen molar-refractivity contribution in [3.05, 3.63) is 53.9 Å². The van der Waals surface area contributed by atoms with Crippen molar-refractivity contribution in [3.63, 3.8) is 0 Å². The maximum absolute atomic E-state index is 4.58. The molecule has 0 spiro atoms. The third-order valence-corrected chi connectivity index (χ3v) is 2.70. The summed E-state index contributed by atoms with van der Waals surface area (Å²) in [7, 11) is 1.92. The van der Waals surface area contributed by atoms with E-state index < -0.39 is 0 Å². The quantitative estimate of drug-likeness (QED) is 0.870. The molecule has 0 fully saturated rings. The first-order valence-electron chi connectivity index (χ1n) is 5.68. The van der Waals surface area contributed by atoms with Crippen LogP contribution in [0.5, 0.6) is 0 Å². The molecule has 2 rings (SSSR count). The average molecular weight is 227 g/mol. The van der Waals surface area contributed by atoms with Gasteiger partial charge in [-0.15, -0.1) is 0 Å². The topological polar surface area (TPSA) is 29.9 Å². The Morgan fingerprint density at radius 2 is 2.18 bits per heavy atom. The second-order valence-corrected chi connectivity index (χ2v) is 3.99. The van der Waals surface area contributed by atoms with Crippen molar-refractivity contribution in [2.75, 3.05) is 7.05 Å². The van der Waals surface area contributed by atoms with Crippen molar-refractivity contribution >= 4 is 6.08 Å². The number of rotatable bonds is 4. The van der Waals surface area contributed by atoms with Crippen LogP contribution in [0, 0.1) is 6.92 Å². The van der Waals surface area contributed by atoms with E-state index in [2.05, 4.69) is 42.1 Å². The van der Waals surface area contributed by atoms with Crippen molar-refractivity contribution in [1.82, 2.24) is 15.1 Å². The minimum absolute atomic E-state index is 0.764. The summed E-state index contributed by atoms with van der Waals surface area (Å²) in [6.07, 6.45) is 1.83. The van der Waals surface area contributed by atoms with Gasteiger partial charge in [-0.1, -0.05) is 24.8 Å². The van der Waals surface area contributed by atoms with Crippen molar-refractivity contribution in [1.29, 1.82) is 0 Å². The molecule has 0 amide bonds. The molecule has 0 atom stereocenters. The molecule has 2 aromatic rings. The molecule has 0 saturated heterocycles. The van der Waals surface area contributed by atoms with Gasteiger partial charge >= 0.3 is 0 Å². The van der Waals surface area contributed by atoms with E-state index in [0.29, 0.717) is 0 Å². The van der Waals surface area contributed by atoms with Gasteiger partial charge in [0.25, 0.3) is 0 Å². The normalized spacial score (nSPS) is 10.5. The monoisotopic (exact) mass is 227 g/mol. The number of aromatic nitrogens is 2. The number of nitrogens with zero attached hydrogens (tertiary/aromatic N) is 2. The summed E-state index contributed by atoms with van der Waals surface area (Å²) in [5.41, 5.74) is 4.34. The van der Waals surface area contributed by atoms with E-state index in [9.17, 15) is 0 Å². The molecule has 17 heavy (non-hydrogen) atoms. The van der Waals surface area contributed by atoms with Crippen LogP contribution in [0.4, 0.5) is 0 Å². The molecule has 0 radical (unpaired) electrons. The first kappa shape index (κ1) is 11.6. The molecule has 0 aliphatic carbocycles. The van der Waals surface area contributed by atoms with Crippen LogP contribution in [0.25, 0.3) is 11.8 Å². The van der Waals surface area contributed by atoms with Crippen LogP contribution >= 0.6 is 0 Å². The Kier molecular flexibility index (Phi) is 3.40. The Morgan fingerprint density at radius 3 is 2.82 bits per heavy atom. The van der Waals surface area contributed by atoms with Crippen molar-refractivity contribution < 1.29 is 0 Å². The Balaban J connectivity index is 2.51. The van der Waals surface area contributed by atoms with E-state index in [4.69, 9.17) is 0 Å². The van der Waals surface area contributed by atoms with Gasteiger partial charge in [0.15, 0.2) is 0 Å². The van der Waals surface area contributed by atoms with Crippen LogP contribution in [0.2, 0.25) is 0 Å². The molecule has 0 aliphatic rings. The second-order valence-electron chi connectivity index (χ2n) is 3.99. The lowest BCUT2D eigenvalue weighted by Gasteiger charge is -2.07. The van der Waals surface area contributed by atoms with Gasteiger partial charge in [-0.2, -0.15) is 5.10 Å². The van der Waals surface area contributed by atoms with Gasteiger partial charge in [0.1, 0.15) is 0 Å². The lowest BCUT2D eigenvalue weighted by atomic mass is 10.2. The highest BCUT2D eigenvalue weighted by Gasteiger charge is 2.08. The van der Waals surface area contributed by atoms with Crippen LogP contribution in [0.15, 0.2) is 36.9 Å². The van der Waals surface area contributed by atoms with E-state index in [1.54, 1.807) is 0 Å². The van der Waals surface area contributed by atoms with Gasteiger partial charge in [0.2, 0.25) is 0 Å². The third-order valence-electron chi connectivity index (χ3n) is 2.70. The fourth-order valence-electron chi connectivity index (χ4n) is 1.85. The molecule has 1 heterocycles. The standard InChI is InChI=1S/C14H17N3/c1-4-13-9-12(10-15-3)16-17(13)14-8-6-5-7-11(14)2/h4-9,15H,1,10H2,2-3H3. The van der Waals surface area contributed by atoms with Gasteiger partial charge in [0.05, 0.1) is 17.1 Å². The fourth-order valence-corrected chi connectivity index (χ4v) is 1.85. The van der Waals surface area contributed by atoms with Crippen molar-refractivity contribution in [2.45, 2.75) is 13.5 Å². The minimum Gasteiger partial charge on any atom is -0.314 e. The maximum atomic E-state index is 4.58. The van der Waals surface area contributed by atoms with Crippen LogP contribution < -0.4 is 5.32 Å². The lowest BCUT2D eigenvalue weighted by Crippen LogP contribution is -2.07. The van der Waals surface area contributed by atoms with Gasteiger partial charge in [-0.3, -0.25) is 0 Å². The summed E-state index contributed by atoms with van der Waals surface area (Å²) in [6, 6.07) is 10.3. The molecular formula is C14H17N3. The van der Waals surface area contributed by atoms with E-state index in [-0.39, 0.29) is 0 Å². The van der Waals surface area contributed by atoms with Crippen LogP contribution in [-0.4, -0.2) is 16.8 Å². The number of benzene rings is 1. The van der Waals surface area contributed by atoms with Gasteiger partial charge < -0.3 is 5.32 Å². The van der Waals surface area contributed by atoms with Gasteiger partial charge in [-0.25, -0.2) is 4.68 Å². The van der Waals surface area contributed by atoms with Crippen molar-refractivity contribution in [3.8, 4) is 5.69 Å². The first-order valence-corrected chi connectivity index (χ1v) is 5.68. The average Bonchev–Trinajstić information content (AvgIpc) is 2.73. The Hall–Kier alpha value is -1.87. The highest BCUT2D eigenvalue weighted by atomic mass is 15.3. The van der Waals surface area contributed by atoms with E-state index >= 15 is 0 Å². The number of hydrogen-bond donors (Lipinski definition) is 1. The molecule has 1 N–H and O–H groups in total. The summed E-state index contributed by atoms with van der Waals surface area (Å²) < 4.78 is 1.94. The number of aryl methyl sites for hydroxylation is 1. The minimum atomic E-state index is 0.764. The molecule has 88 valence electrons. The van der Waals surface area contributed by atoms with Crippen LogP contribution in [-0.2, 0) is 6.54 Å². The zero-order chi connectivity index (χ0) is 12.3. The molecule has 0 saturated carbocycles. The summed E-state index contributed by atoms with van der Waals surface area (Å²) in [4.78, 5) is 0. The molecule has 3 nitrogen and oxygen atoms in total. The smallest absolute Gasteiger partial charge is 0.0773 e. The van der Waals surface area contributed by atoms with E-state index in [1.807, 2.05) is 29.9 Å². The molecule has 1 aromatic carbocycles. The van der Waals surface area contributed by atoms with E-state index in [0.717, 1.165) is 23.6 Å². The lowest BCUT2D eigenvalue weighted by molar-refractivity contribution is 0.754. The summed E-state index contributed by atoms with van der Waals surface area (Å²) in [5, 5.41) is 7.69. The molecule has 3 heteroatoms. The number of para-hydroxylation sites is 1. The molecule has 0 unspecified atom stereocenters. The van der Waals surface area contributed by atoms with Crippen LogP contribution in [0.1, 0.15) is 17.0 Å². The van der Waals surface area contributed by atoms with Gasteiger partial charge in [0, 0.05) is 6.54 Å². The third kappa shape index (κ3) is 2.29. The first-order chi connectivity index (χ1) is 8.26. The molecular weight excluding hydrogens is 210 g/mol. The molecule has 0 aliphatic heterocycles. The molecule has 1 aromatic heterocycles. The Labute approximate surface area is 102 Å².